The van der Waals surface area contributed by atoms with Gasteiger partial charge in [-0.2, -0.15) is 0 Å². The van der Waals surface area contributed by atoms with Crippen molar-refractivity contribution < 1.29 is 9.90 Å². The van der Waals surface area contributed by atoms with Gasteiger partial charge in [0.25, 0.3) is 0 Å². The molecule has 22 heavy (non-hydrogen) atoms. The van der Waals surface area contributed by atoms with Crippen LogP contribution in [0.3, 0.4) is 0 Å². The van der Waals surface area contributed by atoms with Crippen LogP contribution in [0.2, 0.25) is 0 Å². The molecule has 0 spiro atoms. The van der Waals surface area contributed by atoms with Crippen molar-refractivity contribution in [3.63, 3.8) is 0 Å². The van der Waals surface area contributed by atoms with Gasteiger partial charge in [-0.25, -0.2) is 4.79 Å². The van der Waals surface area contributed by atoms with Gasteiger partial charge in [0.1, 0.15) is 0 Å². The van der Waals surface area contributed by atoms with Gasteiger partial charge in [-0.05, 0) is 32.1 Å². The summed E-state index contributed by atoms with van der Waals surface area (Å²) in [6, 6.07) is 1.08. The lowest BCUT2D eigenvalue weighted by Gasteiger charge is -2.30. The van der Waals surface area contributed by atoms with Crippen LogP contribution in [0.15, 0.2) is 0 Å². The molecule has 0 aromatic heterocycles. The first-order chi connectivity index (χ1) is 10.6. The van der Waals surface area contributed by atoms with Crippen molar-refractivity contribution in [3.05, 3.63) is 0 Å². The summed E-state index contributed by atoms with van der Waals surface area (Å²) in [6.07, 6.45) is 9.50. The lowest BCUT2D eigenvalue weighted by Crippen LogP contribution is -2.51. The lowest BCUT2D eigenvalue weighted by molar-refractivity contribution is 0.120. The Morgan fingerprint density at radius 1 is 1.18 bits per heavy atom. The third-order valence-electron chi connectivity index (χ3n) is 6.14. The number of hydrogen-bond acceptors (Lipinski definition) is 3. The van der Waals surface area contributed by atoms with Crippen molar-refractivity contribution in [2.24, 2.45) is 5.41 Å². The fraction of sp³-hybridized carbons (Fsp3) is 0.941. The summed E-state index contributed by atoms with van der Waals surface area (Å²) in [6.45, 7) is 4.34. The SMILES string of the molecule is CC1(CO)CCCC1NC(=O)NC1CCN(C2CCCC2)C1. The molecule has 0 radical (unpaired) electrons. The molecular weight excluding hydrogens is 278 g/mol. The Morgan fingerprint density at radius 3 is 2.68 bits per heavy atom. The average Bonchev–Trinajstić information content (AvgIpc) is 3.21. The van der Waals surface area contributed by atoms with Crippen LogP contribution >= 0.6 is 0 Å². The molecule has 0 bridgehead atoms. The highest BCUT2D eigenvalue weighted by molar-refractivity contribution is 5.74. The molecule has 3 rings (SSSR count). The molecule has 3 fully saturated rings. The molecule has 2 amide bonds. The maximum Gasteiger partial charge on any atom is 0.315 e. The predicted octanol–water partition coefficient (Wildman–Crippen LogP) is 1.85. The smallest absolute Gasteiger partial charge is 0.315 e. The summed E-state index contributed by atoms with van der Waals surface area (Å²) >= 11 is 0. The summed E-state index contributed by atoms with van der Waals surface area (Å²) < 4.78 is 0. The fourth-order valence-electron chi connectivity index (χ4n) is 4.56. The third kappa shape index (κ3) is 3.40. The third-order valence-corrected chi connectivity index (χ3v) is 6.14. The van der Waals surface area contributed by atoms with Gasteiger partial charge in [0.15, 0.2) is 0 Å². The van der Waals surface area contributed by atoms with E-state index in [4.69, 9.17) is 0 Å². The highest BCUT2D eigenvalue weighted by atomic mass is 16.3. The average molecular weight is 309 g/mol. The van der Waals surface area contributed by atoms with Crippen LogP contribution in [0.1, 0.15) is 58.3 Å². The molecule has 5 nitrogen and oxygen atoms in total. The number of amides is 2. The van der Waals surface area contributed by atoms with Crippen molar-refractivity contribution in [2.75, 3.05) is 19.7 Å². The van der Waals surface area contributed by atoms with Crippen LogP contribution in [0.4, 0.5) is 4.79 Å². The van der Waals surface area contributed by atoms with E-state index in [0.717, 1.165) is 44.8 Å². The van der Waals surface area contributed by atoms with E-state index in [9.17, 15) is 9.90 Å². The summed E-state index contributed by atoms with van der Waals surface area (Å²) in [5, 5.41) is 15.8. The number of carbonyl (C=O) groups is 1. The van der Waals surface area contributed by atoms with Gasteiger partial charge in [-0.1, -0.05) is 26.2 Å². The molecule has 0 aromatic carbocycles. The van der Waals surface area contributed by atoms with Gasteiger partial charge in [0.05, 0.1) is 6.61 Å². The molecule has 0 aromatic rings. The van der Waals surface area contributed by atoms with E-state index in [2.05, 4.69) is 22.5 Å². The summed E-state index contributed by atoms with van der Waals surface area (Å²) in [7, 11) is 0. The number of likely N-dealkylation sites (tertiary alicyclic amines) is 1. The molecule has 1 heterocycles. The molecule has 1 aliphatic heterocycles. The van der Waals surface area contributed by atoms with Crippen molar-refractivity contribution in [2.45, 2.75) is 76.4 Å². The number of hydrogen-bond donors (Lipinski definition) is 3. The van der Waals surface area contributed by atoms with Crippen LogP contribution in [0.5, 0.6) is 0 Å². The second-order valence-corrected chi connectivity index (χ2v) is 7.79. The largest absolute Gasteiger partial charge is 0.396 e. The Morgan fingerprint density at radius 2 is 1.95 bits per heavy atom. The monoisotopic (exact) mass is 309 g/mol. The number of nitrogens with zero attached hydrogens (tertiary/aromatic N) is 1. The first-order valence-electron chi connectivity index (χ1n) is 9.03. The maximum atomic E-state index is 12.3. The predicted molar refractivity (Wildman–Crippen MR) is 86.7 cm³/mol. The Bertz CT molecular complexity index is 397. The Hall–Kier alpha value is -0.810. The minimum Gasteiger partial charge on any atom is -0.396 e. The van der Waals surface area contributed by atoms with Gasteiger partial charge in [0.2, 0.25) is 0 Å². The topological polar surface area (TPSA) is 64.6 Å². The quantitative estimate of drug-likeness (QED) is 0.742. The maximum absolute atomic E-state index is 12.3. The molecule has 2 aliphatic carbocycles. The molecule has 3 unspecified atom stereocenters. The van der Waals surface area contributed by atoms with Crippen LogP contribution in [0, 0.1) is 5.41 Å². The van der Waals surface area contributed by atoms with Gasteiger partial charge >= 0.3 is 6.03 Å². The van der Waals surface area contributed by atoms with Crippen LogP contribution in [-0.4, -0.2) is 53.9 Å². The van der Waals surface area contributed by atoms with E-state index < -0.39 is 0 Å². The molecule has 5 heteroatoms. The zero-order chi connectivity index (χ0) is 15.6. The van der Waals surface area contributed by atoms with Gasteiger partial charge < -0.3 is 15.7 Å². The van der Waals surface area contributed by atoms with Crippen molar-refractivity contribution >= 4 is 6.03 Å². The van der Waals surface area contributed by atoms with Crippen molar-refractivity contribution in [3.8, 4) is 0 Å². The minimum absolute atomic E-state index is 0.0511. The van der Waals surface area contributed by atoms with Crippen molar-refractivity contribution in [1.29, 1.82) is 0 Å². The first-order valence-corrected chi connectivity index (χ1v) is 9.03. The minimum atomic E-state index is -0.150. The fourth-order valence-corrected chi connectivity index (χ4v) is 4.56. The zero-order valence-corrected chi connectivity index (χ0v) is 13.8. The normalized spacial score (nSPS) is 36.8. The molecule has 1 saturated heterocycles. The van der Waals surface area contributed by atoms with Gasteiger partial charge in [0, 0.05) is 36.6 Å². The Balaban J connectivity index is 1.44. The molecular formula is C17H31N3O2. The van der Waals surface area contributed by atoms with E-state index in [1.807, 2.05) is 0 Å². The molecule has 2 saturated carbocycles. The molecule has 3 N–H and O–H groups in total. The van der Waals surface area contributed by atoms with Gasteiger partial charge in [-0.3, -0.25) is 4.90 Å². The summed E-state index contributed by atoms with van der Waals surface area (Å²) in [5.74, 6) is 0. The van der Waals surface area contributed by atoms with E-state index in [0.29, 0.717) is 0 Å². The summed E-state index contributed by atoms with van der Waals surface area (Å²) in [4.78, 5) is 14.8. The van der Waals surface area contributed by atoms with E-state index in [1.165, 1.54) is 25.7 Å². The standard InChI is InChI=1S/C17H31N3O2/c1-17(12-21)9-4-7-15(17)19-16(22)18-13-8-10-20(11-13)14-5-2-3-6-14/h13-15,21H,2-12H2,1H3,(H2,18,19,22). The van der Waals surface area contributed by atoms with E-state index in [1.54, 1.807) is 0 Å². The number of nitrogens with one attached hydrogen (secondary N) is 2. The van der Waals surface area contributed by atoms with Gasteiger partial charge in [-0.15, -0.1) is 0 Å². The second kappa shape index (κ2) is 6.75. The van der Waals surface area contributed by atoms with Crippen molar-refractivity contribution in [1.82, 2.24) is 15.5 Å². The number of carbonyl (C=O) groups excluding carboxylic acids is 1. The first kappa shape index (κ1) is 16.1. The highest BCUT2D eigenvalue weighted by Gasteiger charge is 2.39. The Kier molecular flexibility index (Phi) is 4.93. The van der Waals surface area contributed by atoms with E-state index >= 15 is 0 Å². The van der Waals surface area contributed by atoms with Crippen LogP contribution < -0.4 is 10.6 Å². The molecule has 3 aliphatic rings. The summed E-state index contributed by atoms with van der Waals surface area (Å²) in [5.41, 5.74) is -0.150. The molecule has 3 atom stereocenters. The van der Waals surface area contributed by atoms with E-state index in [-0.39, 0.29) is 30.1 Å². The number of aliphatic hydroxyl groups is 1. The molecule has 126 valence electrons. The number of aliphatic hydroxyl groups excluding tert-OH is 1. The number of urea groups is 1. The number of rotatable bonds is 4. The highest BCUT2D eigenvalue weighted by Crippen LogP contribution is 2.37. The lowest BCUT2D eigenvalue weighted by atomic mass is 9.86. The Labute approximate surface area is 133 Å². The van der Waals surface area contributed by atoms with Crippen LogP contribution in [-0.2, 0) is 0 Å². The second-order valence-electron chi connectivity index (χ2n) is 7.79. The van der Waals surface area contributed by atoms with Crippen LogP contribution in [0.25, 0.3) is 0 Å². The zero-order valence-electron chi connectivity index (χ0n) is 13.8.